The van der Waals surface area contributed by atoms with Crippen LogP contribution in [0.5, 0.6) is 5.75 Å². The van der Waals surface area contributed by atoms with E-state index in [0.29, 0.717) is 5.92 Å². The van der Waals surface area contributed by atoms with Crippen LogP contribution in [0.15, 0.2) is 16.6 Å². The van der Waals surface area contributed by atoms with Crippen molar-refractivity contribution in [1.29, 1.82) is 0 Å². The highest BCUT2D eigenvalue weighted by atomic mass is 79.9. The molecule has 0 saturated heterocycles. The van der Waals surface area contributed by atoms with Crippen LogP contribution in [0, 0.1) is 0 Å². The summed E-state index contributed by atoms with van der Waals surface area (Å²) in [5.74, 6) is 1.70. The molecule has 0 unspecified atom stereocenters. The van der Waals surface area contributed by atoms with Gasteiger partial charge in [-0.25, -0.2) is 0 Å². The SMILES string of the molecule is COc1c(Br)cc(C2(CN)CCCCC2)cc1C1CCCC1. The molecule has 0 bridgehead atoms. The summed E-state index contributed by atoms with van der Waals surface area (Å²) >= 11 is 3.76. The Morgan fingerprint density at radius 3 is 2.41 bits per heavy atom. The van der Waals surface area contributed by atoms with Crippen molar-refractivity contribution < 1.29 is 4.74 Å². The van der Waals surface area contributed by atoms with Gasteiger partial charge < -0.3 is 10.5 Å². The van der Waals surface area contributed by atoms with Gasteiger partial charge in [0.2, 0.25) is 0 Å². The zero-order valence-corrected chi connectivity index (χ0v) is 15.3. The van der Waals surface area contributed by atoms with E-state index in [-0.39, 0.29) is 5.41 Å². The predicted molar refractivity (Wildman–Crippen MR) is 95.7 cm³/mol. The van der Waals surface area contributed by atoms with E-state index in [1.54, 1.807) is 7.11 Å². The molecule has 0 aliphatic heterocycles. The highest BCUT2D eigenvalue weighted by molar-refractivity contribution is 9.10. The summed E-state index contributed by atoms with van der Waals surface area (Å²) in [6.45, 7) is 0.760. The van der Waals surface area contributed by atoms with E-state index >= 15 is 0 Å². The largest absolute Gasteiger partial charge is 0.495 e. The van der Waals surface area contributed by atoms with Gasteiger partial charge in [0.25, 0.3) is 0 Å². The molecule has 0 spiro atoms. The maximum absolute atomic E-state index is 6.25. The average Bonchev–Trinajstić information content (AvgIpc) is 3.09. The number of rotatable bonds is 4. The maximum Gasteiger partial charge on any atom is 0.136 e. The lowest BCUT2D eigenvalue weighted by molar-refractivity contribution is 0.300. The second kappa shape index (κ2) is 6.92. The first-order chi connectivity index (χ1) is 10.7. The van der Waals surface area contributed by atoms with E-state index in [2.05, 4.69) is 28.1 Å². The lowest BCUT2D eigenvalue weighted by Gasteiger charge is -2.37. The average molecular weight is 366 g/mol. The molecule has 2 fully saturated rings. The molecule has 0 aromatic heterocycles. The van der Waals surface area contributed by atoms with Crippen LogP contribution >= 0.6 is 15.9 Å². The molecular weight excluding hydrogens is 338 g/mol. The Morgan fingerprint density at radius 2 is 1.82 bits per heavy atom. The summed E-state index contributed by atoms with van der Waals surface area (Å²) in [4.78, 5) is 0. The topological polar surface area (TPSA) is 35.2 Å². The Kier molecular flexibility index (Phi) is 5.13. The molecule has 0 amide bonds. The molecule has 2 nitrogen and oxygen atoms in total. The van der Waals surface area contributed by atoms with Gasteiger partial charge in [0, 0.05) is 12.0 Å². The van der Waals surface area contributed by atoms with Crippen molar-refractivity contribution in [3.8, 4) is 5.75 Å². The standard InChI is InChI=1S/C19H28BrNO/c1-22-18-16(14-7-3-4-8-14)11-15(12-17(18)20)19(13-21)9-5-2-6-10-19/h11-12,14H,2-10,13,21H2,1H3. The molecular formula is C19H28BrNO. The van der Waals surface area contributed by atoms with Crippen LogP contribution in [-0.2, 0) is 5.41 Å². The fourth-order valence-electron chi connectivity index (χ4n) is 4.52. The summed E-state index contributed by atoms with van der Waals surface area (Å²) < 4.78 is 6.82. The van der Waals surface area contributed by atoms with E-state index in [9.17, 15) is 0 Å². The molecule has 0 atom stereocenters. The lowest BCUT2D eigenvalue weighted by atomic mass is 9.69. The van der Waals surface area contributed by atoms with Crippen molar-refractivity contribution in [2.75, 3.05) is 13.7 Å². The Balaban J connectivity index is 2.04. The summed E-state index contributed by atoms with van der Waals surface area (Å²) in [5.41, 5.74) is 9.27. The van der Waals surface area contributed by atoms with Crippen LogP contribution in [0.3, 0.4) is 0 Å². The van der Waals surface area contributed by atoms with Gasteiger partial charge in [0.05, 0.1) is 11.6 Å². The number of hydrogen-bond acceptors (Lipinski definition) is 2. The number of nitrogens with two attached hydrogens (primary N) is 1. The second-order valence-electron chi connectivity index (χ2n) is 7.11. The molecule has 122 valence electrons. The van der Waals surface area contributed by atoms with Crippen molar-refractivity contribution in [3.05, 3.63) is 27.7 Å². The number of benzene rings is 1. The molecule has 3 heteroatoms. The van der Waals surface area contributed by atoms with Crippen molar-refractivity contribution in [2.45, 2.75) is 69.1 Å². The molecule has 2 aliphatic carbocycles. The summed E-state index contributed by atoms with van der Waals surface area (Å²) in [6.07, 6.45) is 11.7. The molecule has 1 aromatic carbocycles. The number of methoxy groups -OCH3 is 1. The van der Waals surface area contributed by atoms with Gasteiger partial charge in [0.15, 0.2) is 0 Å². The Morgan fingerprint density at radius 1 is 1.14 bits per heavy atom. The Labute approximate surface area is 142 Å². The van der Waals surface area contributed by atoms with E-state index < -0.39 is 0 Å². The van der Waals surface area contributed by atoms with Gasteiger partial charge >= 0.3 is 0 Å². The van der Waals surface area contributed by atoms with Crippen molar-refractivity contribution in [1.82, 2.24) is 0 Å². The van der Waals surface area contributed by atoms with Gasteiger partial charge in [-0.15, -0.1) is 0 Å². The van der Waals surface area contributed by atoms with E-state index in [1.165, 1.54) is 68.9 Å². The third-order valence-corrected chi connectivity index (χ3v) is 6.47. The van der Waals surface area contributed by atoms with Gasteiger partial charge in [-0.3, -0.25) is 0 Å². The van der Waals surface area contributed by atoms with Crippen molar-refractivity contribution >= 4 is 15.9 Å². The Hall–Kier alpha value is -0.540. The van der Waals surface area contributed by atoms with E-state index in [0.717, 1.165) is 16.8 Å². The van der Waals surface area contributed by atoms with E-state index in [4.69, 9.17) is 10.5 Å². The zero-order valence-electron chi connectivity index (χ0n) is 13.7. The summed E-state index contributed by atoms with van der Waals surface area (Å²) in [7, 11) is 1.79. The van der Waals surface area contributed by atoms with Gasteiger partial charge in [0.1, 0.15) is 5.75 Å². The molecule has 2 saturated carbocycles. The van der Waals surface area contributed by atoms with Gasteiger partial charge in [-0.05, 0) is 64.7 Å². The minimum Gasteiger partial charge on any atom is -0.495 e. The fourth-order valence-corrected chi connectivity index (χ4v) is 5.15. The van der Waals surface area contributed by atoms with Crippen LogP contribution < -0.4 is 10.5 Å². The third kappa shape index (κ3) is 2.94. The zero-order chi connectivity index (χ0) is 15.6. The molecule has 0 heterocycles. The summed E-state index contributed by atoms with van der Waals surface area (Å²) in [6, 6.07) is 4.70. The number of hydrogen-bond donors (Lipinski definition) is 1. The van der Waals surface area contributed by atoms with Crippen molar-refractivity contribution in [3.63, 3.8) is 0 Å². The monoisotopic (exact) mass is 365 g/mol. The molecule has 3 rings (SSSR count). The summed E-state index contributed by atoms with van der Waals surface area (Å²) in [5, 5.41) is 0. The van der Waals surface area contributed by atoms with Crippen LogP contribution in [0.2, 0.25) is 0 Å². The quantitative estimate of drug-likeness (QED) is 0.787. The van der Waals surface area contributed by atoms with Crippen LogP contribution in [-0.4, -0.2) is 13.7 Å². The van der Waals surface area contributed by atoms with E-state index in [1.807, 2.05) is 0 Å². The normalized spacial score (nSPS) is 22.0. The smallest absolute Gasteiger partial charge is 0.136 e. The minimum absolute atomic E-state index is 0.181. The maximum atomic E-state index is 6.25. The fraction of sp³-hybridized carbons (Fsp3) is 0.684. The van der Waals surface area contributed by atoms with Crippen LogP contribution in [0.25, 0.3) is 0 Å². The Bertz CT molecular complexity index is 516. The number of ether oxygens (including phenoxy) is 1. The second-order valence-corrected chi connectivity index (χ2v) is 7.96. The predicted octanol–water partition coefficient (Wildman–Crippen LogP) is 5.28. The van der Waals surface area contributed by atoms with Crippen LogP contribution in [0.1, 0.15) is 74.8 Å². The van der Waals surface area contributed by atoms with Crippen LogP contribution in [0.4, 0.5) is 0 Å². The molecule has 1 aromatic rings. The van der Waals surface area contributed by atoms with Crippen molar-refractivity contribution in [2.24, 2.45) is 5.73 Å². The van der Waals surface area contributed by atoms with Gasteiger partial charge in [-0.2, -0.15) is 0 Å². The van der Waals surface area contributed by atoms with Gasteiger partial charge in [-0.1, -0.05) is 38.2 Å². The highest BCUT2D eigenvalue weighted by Crippen LogP contribution is 2.46. The molecule has 2 N–H and O–H groups in total. The lowest BCUT2D eigenvalue weighted by Crippen LogP contribution is -2.37. The first kappa shape index (κ1) is 16.3. The first-order valence-corrected chi connectivity index (χ1v) is 9.57. The third-order valence-electron chi connectivity index (χ3n) is 5.89. The highest BCUT2D eigenvalue weighted by Gasteiger charge is 2.34. The minimum atomic E-state index is 0.181. The number of halogens is 1. The molecule has 0 radical (unpaired) electrons. The molecule has 22 heavy (non-hydrogen) atoms. The molecule has 2 aliphatic rings. The first-order valence-electron chi connectivity index (χ1n) is 8.78.